The molecule has 0 saturated heterocycles. The second kappa shape index (κ2) is 14.1. The van der Waals surface area contributed by atoms with Gasteiger partial charge < -0.3 is 14.2 Å². The molecule has 0 amide bonds. The van der Waals surface area contributed by atoms with Crippen LogP contribution in [0.2, 0.25) is 0 Å². The minimum absolute atomic E-state index is 0.00827. The van der Waals surface area contributed by atoms with Gasteiger partial charge in [0.1, 0.15) is 6.10 Å². The Kier molecular flexibility index (Phi) is 11.1. The molecule has 5 aliphatic rings. The van der Waals surface area contributed by atoms with E-state index < -0.39 is 41.8 Å². The molecule has 0 bridgehead atoms. The van der Waals surface area contributed by atoms with Gasteiger partial charge in [-0.15, -0.1) is 12.8 Å². The van der Waals surface area contributed by atoms with Gasteiger partial charge in [-0.25, -0.2) is 0 Å². The third-order valence-electron chi connectivity index (χ3n) is 14.4. The number of hydrogen-bond donors (Lipinski definition) is 0. The van der Waals surface area contributed by atoms with E-state index in [9.17, 15) is 24.0 Å². The molecule has 50 heavy (non-hydrogen) atoms. The number of ether oxygens (including phenoxy) is 3. The average molecular weight is 694 g/mol. The van der Waals surface area contributed by atoms with Crippen LogP contribution < -0.4 is 0 Å². The minimum atomic E-state index is -1.14. The Morgan fingerprint density at radius 2 is 1.66 bits per heavy atom. The number of terminal acetylenes is 1. The van der Waals surface area contributed by atoms with Crippen molar-refractivity contribution in [3.63, 3.8) is 0 Å². The highest BCUT2D eigenvalue weighted by Crippen LogP contribution is 2.89. The van der Waals surface area contributed by atoms with Gasteiger partial charge >= 0.3 is 17.9 Å². The first-order valence-electron chi connectivity index (χ1n) is 18.2. The molecule has 0 aromatic carbocycles. The maximum Gasteiger partial charge on any atom is 0.320 e. The van der Waals surface area contributed by atoms with Crippen molar-refractivity contribution < 1.29 is 38.2 Å². The molecule has 9 nitrogen and oxygen atoms in total. The van der Waals surface area contributed by atoms with Crippen LogP contribution >= 0.6 is 0 Å². The number of allylic oxidation sites excluding steroid dienone is 2. The molecule has 0 aromatic rings. The fourth-order valence-electron chi connectivity index (χ4n) is 12.2. The molecular weight excluding hydrogens is 634 g/mol. The van der Waals surface area contributed by atoms with E-state index in [1.807, 2.05) is 13.0 Å². The monoisotopic (exact) mass is 693 g/mol. The zero-order valence-corrected chi connectivity index (χ0v) is 31.9. The number of hydrogen-bond acceptors (Lipinski definition) is 9. The number of rotatable bonds is 11. The van der Waals surface area contributed by atoms with Gasteiger partial charge in [0.25, 0.3) is 0 Å². The Bertz CT molecular complexity index is 1460. The molecule has 4 saturated carbocycles. The number of ketones is 2. The molecular formula is C41H59NO8. The summed E-state index contributed by atoms with van der Waals surface area (Å²) in [7, 11) is 3.54. The van der Waals surface area contributed by atoms with E-state index in [4.69, 9.17) is 14.2 Å². The van der Waals surface area contributed by atoms with Gasteiger partial charge in [-0.3, -0.25) is 28.9 Å². The zero-order chi connectivity index (χ0) is 37.7. The van der Waals surface area contributed by atoms with Crippen LogP contribution in [0.25, 0.3) is 0 Å². The number of esters is 3. The first-order valence-corrected chi connectivity index (χ1v) is 18.2. The highest BCUT2D eigenvalue weighted by molar-refractivity contribution is 6.00. The largest absolute Gasteiger partial charge is 0.464 e. The molecule has 2 spiro atoms. The summed E-state index contributed by atoms with van der Waals surface area (Å²) in [4.78, 5) is 66.0. The van der Waals surface area contributed by atoms with E-state index in [-0.39, 0.29) is 64.0 Å². The van der Waals surface area contributed by atoms with Gasteiger partial charge in [0.15, 0.2) is 17.7 Å². The van der Waals surface area contributed by atoms with E-state index in [1.54, 1.807) is 25.9 Å². The predicted molar refractivity (Wildman–Crippen MR) is 190 cm³/mol. The topological polar surface area (TPSA) is 116 Å². The number of fused-ring (bicyclic) bond motifs is 2. The lowest BCUT2D eigenvalue weighted by Gasteiger charge is -2.61. The normalized spacial score (nSPS) is 39.5. The Morgan fingerprint density at radius 3 is 2.24 bits per heavy atom. The van der Waals surface area contributed by atoms with Crippen molar-refractivity contribution in [2.24, 2.45) is 63.1 Å². The van der Waals surface area contributed by atoms with Crippen molar-refractivity contribution in [1.82, 2.24) is 4.90 Å². The Morgan fingerprint density at radius 1 is 1.02 bits per heavy atom. The average Bonchev–Trinajstić information content (AvgIpc) is 3.48. The van der Waals surface area contributed by atoms with E-state index in [1.165, 1.54) is 13.8 Å². The first-order chi connectivity index (χ1) is 23.3. The van der Waals surface area contributed by atoms with Gasteiger partial charge in [-0.2, -0.15) is 0 Å². The summed E-state index contributed by atoms with van der Waals surface area (Å²) >= 11 is 0. The second-order valence-electron chi connectivity index (χ2n) is 16.8. The van der Waals surface area contributed by atoms with Crippen molar-refractivity contribution >= 4 is 29.5 Å². The van der Waals surface area contributed by atoms with Crippen LogP contribution in [0, 0.1) is 75.9 Å². The lowest BCUT2D eigenvalue weighted by molar-refractivity contribution is -0.166. The van der Waals surface area contributed by atoms with Gasteiger partial charge in [0, 0.05) is 42.9 Å². The summed E-state index contributed by atoms with van der Waals surface area (Å²) < 4.78 is 17.4. The molecule has 3 unspecified atom stereocenters. The van der Waals surface area contributed by atoms with E-state index >= 15 is 0 Å². The van der Waals surface area contributed by atoms with Gasteiger partial charge in [-0.05, 0) is 91.8 Å². The highest BCUT2D eigenvalue weighted by atomic mass is 16.6. The molecule has 0 aromatic heterocycles. The third-order valence-corrected chi connectivity index (χ3v) is 14.4. The number of nitrogens with zero attached hydrogens (tertiary/aromatic N) is 1. The molecule has 0 heterocycles. The summed E-state index contributed by atoms with van der Waals surface area (Å²) in [5.41, 5.74) is -0.239. The summed E-state index contributed by atoms with van der Waals surface area (Å²) in [6.07, 6.45) is 15.0. The molecule has 5 aliphatic carbocycles. The first kappa shape index (κ1) is 39.5. The van der Waals surface area contributed by atoms with E-state index in [0.29, 0.717) is 24.2 Å². The van der Waals surface area contributed by atoms with E-state index in [2.05, 4.69) is 53.2 Å². The lowest BCUT2D eigenvalue weighted by Crippen LogP contribution is -2.56. The molecule has 0 aliphatic heterocycles. The number of carbonyl (C=O) groups excluding carboxylic acids is 5. The van der Waals surface area contributed by atoms with Crippen molar-refractivity contribution in [3.8, 4) is 12.8 Å². The Balaban J connectivity index is 0.00000276. The number of Topliss-reactive ketones (excluding diaryl/α,β-unsaturated/α-hetero) is 1. The van der Waals surface area contributed by atoms with Crippen LogP contribution in [0.4, 0.5) is 0 Å². The summed E-state index contributed by atoms with van der Waals surface area (Å²) in [6, 6.07) is 0. The Labute approximate surface area is 299 Å². The van der Waals surface area contributed by atoms with Crippen molar-refractivity contribution in [1.29, 1.82) is 0 Å². The Hall–Kier alpha value is -3.25. The van der Waals surface area contributed by atoms with Crippen molar-refractivity contribution in [3.05, 3.63) is 24.3 Å². The molecule has 0 N–H and O–H groups in total. The summed E-state index contributed by atoms with van der Waals surface area (Å²) in [5, 5.41) is 0. The standard InChI is InChI=1S/C39H57NO8.C2H2/c1-21(20-46-32(44)19-40(10)11)22(2)34(45)35(48-27(7)42)24(4)33-30(47-26(6)41)18-37(9)31-13-12-28-23(3)29(43)14-15-38(28)25(5)39(31,38)17-16-36(33,37)8;1-2/h14-15,21,23-25,28,30-31,33,35H,2,12-13,16-20H2,1,3-11H3;1-2H/t21-,23-,24-,25+,28?,30-,31-,33?,35+,36+,37-,38?,39-;/m0./s1. The molecule has 4 fully saturated rings. The van der Waals surface area contributed by atoms with Crippen LogP contribution in [0.5, 0.6) is 0 Å². The van der Waals surface area contributed by atoms with Gasteiger partial charge in [-0.1, -0.05) is 54.2 Å². The second-order valence-corrected chi connectivity index (χ2v) is 16.8. The van der Waals surface area contributed by atoms with Crippen LogP contribution in [0.1, 0.15) is 87.5 Å². The molecule has 276 valence electrons. The lowest BCUT2D eigenvalue weighted by atomic mass is 9.43. The maximum absolute atomic E-state index is 14.2. The maximum atomic E-state index is 14.2. The third kappa shape index (κ3) is 5.87. The molecule has 13 atom stereocenters. The van der Waals surface area contributed by atoms with Crippen LogP contribution in [-0.4, -0.2) is 73.8 Å². The highest BCUT2D eigenvalue weighted by Gasteiger charge is 2.85. The van der Waals surface area contributed by atoms with Crippen LogP contribution in [-0.2, 0) is 38.2 Å². The predicted octanol–water partition coefficient (Wildman–Crippen LogP) is 5.85. The van der Waals surface area contributed by atoms with Gasteiger partial charge in [0.2, 0.25) is 0 Å². The summed E-state index contributed by atoms with van der Waals surface area (Å²) in [6.45, 7) is 19.8. The van der Waals surface area contributed by atoms with Crippen LogP contribution in [0.3, 0.4) is 0 Å². The SMILES string of the molecule is C#C.C=C(C(=O)[C@H](OC(C)=O)[C@@H](C)C1[C@@H](OC(C)=O)C[C@@]2(C)[C@@H]3CCC4[C@H](C)C(=O)C=CC45[C@@H](C)[C@@]35CC[C@]12C)[C@@H](C)COC(=O)CN(C)C. The fourth-order valence-corrected chi connectivity index (χ4v) is 12.2. The van der Waals surface area contributed by atoms with Crippen molar-refractivity contribution in [2.75, 3.05) is 27.2 Å². The zero-order valence-electron chi connectivity index (χ0n) is 31.9. The number of likely N-dealkylation sites (N-methyl/N-ethyl adjacent to an activating group) is 1. The van der Waals surface area contributed by atoms with Crippen molar-refractivity contribution in [2.45, 2.75) is 99.7 Å². The van der Waals surface area contributed by atoms with Crippen LogP contribution in [0.15, 0.2) is 24.3 Å². The fraction of sp³-hybridized carbons (Fsp3) is 0.732. The quantitative estimate of drug-likeness (QED) is 0.114. The minimum Gasteiger partial charge on any atom is -0.464 e. The molecule has 0 radical (unpaired) electrons. The smallest absolute Gasteiger partial charge is 0.320 e. The molecule has 5 rings (SSSR count). The molecule has 9 heteroatoms. The van der Waals surface area contributed by atoms with E-state index in [0.717, 1.165) is 25.7 Å². The van der Waals surface area contributed by atoms with Gasteiger partial charge in [0.05, 0.1) is 13.2 Å². The summed E-state index contributed by atoms with van der Waals surface area (Å²) in [5.74, 6) is -1.58. The number of carbonyl (C=O) groups is 5.